The molecule has 2 atom stereocenters. The molecule has 2 unspecified atom stereocenters. The predicted octanol–water partition coefficient (Wildman–Crippen LogP) is 1.53. The number of nitrogens with zero attached hydrogens (tertiary/aromatic N) is 2. The van der Waals surface area contributed by atoms with Crippen LogP contribution in [0.3, 0.4) is 0 Å². The van der Waals surface area contributed by atoms with Crippen molar-refractivity contribution in [1.82, 2.24) is 10.2 Å². The Labute approximate surface area is 109 Å². The summed E-state index contributed by atoms with van der Waals surface area (Å²) in [7, 11) is 0. The number of likely N-dealkylation sites (tertiary alicyclic amines) is 1. The molecule has 1 aliphatic heterocycles. The fraction of sp³-hybridized carbons (Fsp3) is 0.857. The Morgan fingerprint density at radius 2 is 2.06 bits per heavy atom. The van der Waals surface area contributed by atoms with Gasteiger partial charge in [0.2, 0.25) is 5.91 Å². The Balaban J connectivity index is 1.76. The Bertz CT molecular complexity index is 328. The Hall–Kier alpha value is -1.08. The van der Waals surface area contributed by atoms with Gasteiger partial charge in [-0.1, -0.05) is 6.42 Å². The van der Waals surface area contributed by atoms with Gasteiger partial charge >= 0.3 is 0 Å². The van der Waals surface area contributed by atoms with Crippen LogP contribution in [0.15, 0.2) is 0 Å². The molecule has 1 saturated heterocycles. The molecule has 18 heavy (non-hydrogen) atoms. The molecule has 100 valence electrons. The van der Waals surface area contributed by atoms with Crippen LogP contribution in [-0.2, 0) is 4.79 Å². The highest BCUT2D eigenvalue weighted by Gasteiger charge is 2.33. The van der Waals surface area contributed by atoms with Gasteiger partial charge in [-0.15, -0.1) is 0 Å². The van der Waals surface area contributed by atoms with Crippen LogP contribution in [0.1, 0.15) is 39.0 Å². The van der Waals surface area contributed by atoms with Gasteiger partial charge in [0.05, 0.1) is 12.0 Å². The molecule has 0 aromatic rings. The summed E-state index contributed by atoms with van der Waals surface area (Å²) in [4.78, 5) is 13.4. The van der Waals surface area contributed by atoms with Crippen LogP contribution < -0.4 is 5.32 Å². The molecule has 1 N–H and O–H groups in total. The standard InChI is InChI=1S/C14H23N3O/c1-11(18)16-10-12-5-7-17(8-6-12)14-4-2-3-13(14)9-15/h12-14H,2-8,10H2,1H3,(H,16,18). The van der Waals surface area contributed by atoms with E-state index in [0.717, 1.165) is 38.9 Å². The first-order valence-corrected chi connectivity index (χ1v) is 7.09. The lowest BCUT2D eigenvalue weighted by Crippen LogP contribution is -2.44. The first-order chi connectivity index (χ1) is 8.70. The third-order valence-corrected chi connectivity index (χ3v) is 4.40. The highest BCUT2D eigenvalue weighted by molar-refractivity contribution is 5.72. The van der Waals surface area contributed by atoms with Crippen LogP contribution in [0.4, 0.5) is 0 Å². The number of piperidine rings is 1. The summed E-state index contributed by atoms with van der Waals surface area (Å²) in [6, 6.07) is 2.96. The quantitative estimate of drug-likeness (QED) is 0.825. The van der Waals surface area contributed by atoms with E-state index in [1.54, 1.807) is 6.92 Å². The van der Waals surface area contributed by atoms with Gasteiger partial charge < -0.3 is 5.32 Å². The van der Waals surface area contributed by atoms with Gasteiger partial charge in [0.25, 0.3) is 0 Å². The molecule has 4 nitrogen and oxygen atoms in total. The van der Waals surface area contributed by atoms with Gasteiger partial charge in [-0.25, -0.2) is 0 Å². The van der Waals surface area contributed by atoms with Crippen molar-refractivity contribution in [2.75, 3.05) is 19.6 Å². The Morgan fingerprint density at radius 1 is 1.33 bits per heavy atom. The summed E-state index contributed by atoms with van der Waals surface area (Å²) in [6.07, 6.45) is 5.76. The van der Waals surface area contributed by atoms with Crippen LogP contribution in [-0.4, -0.2) is 36.5 Å². The molecular formula is C14H23N3O. The first kappa shape index (κ1) is 13.4. The number of hydrogen-bond donors (Lipinski definition) is 1. The number of rotatable bonds is 3. The summed E-state index contributed by atoms with van der Waals surface area (Å²) in [6.45, 7) is 4.57. The van der Waals surface area contributed by atoms with Crippen LogP contribution in [0.2, 0.25) is 0 Å². The number of carbonyl (C=O) groups excluding carboxylic acids is 1. The maximum atomic E-state index is 10.9. The van der Waals surface area contributed by atoms with E-state index in [1.807, 2.05) is 0 Å². The molecule has 1 heterocycles. The third kappa shape index (κ3) is 3.23. The molecule has 1 amide bonds. The molecular weight excluding hydrogens is 226 g/mol. The zero-order valence-electron chi connectivity index (χ0n) is 11.2. The maximum absolute atomic E-state index is 10.9. The maximum Gasteiger partial charge on any atom is 0.216 e. The van der Waals surface area contributed by atoms with Crippen molar-refractivity contribution >= 4 is 5.91 Å². The number of nitrogens with one attached hydrogen (secondary N) is 1. The average molecular weight is 249 g/mol. The zero-order chi connectivity index (χ0) is 13.0. The van der Waals surface area contributed by atoms with Crippen molar-refractivity contribution in [3.63, 3.8) is 0 Å². The molecule has 0 aromatic heterocycles. The van der Waals surface area contributed by atoms with E-state index in [4.69, 9.17) is 5.26 Å². The minimum absolute atomic E-state index is 0.0674. The van der Waals surface area contributed by atoms with Crippen molar-refractivity contribution in [2.45, 2.75) is 45.1 Å². The van der Waals surface area contributed by atoms with E-state index in [0.29, 0.717) is 12.0 Å². The second kappa shape index (κ2) is 6.19. The van der Waals surface area contributed by atoms with Gasteiger partial charge in [-0.2, -0.15) is 5.26 Å². The molecule has 0 bridgehead atoms. The highest BCUT2D eigenvalue weighted by atomic mass is 16.1. The smallest absolute Gasteiger partial charge is 0.216 e. The second-order valence-corrected chi connectivity index (χ2v) is 5.65. The van der Waals surface area contributed by atoms with E-state index in [-0.39, 0.29) is 11.8 Å². The second-order valence-electron chi connectivity index (χ2n) is 5.65. The predicted molar refractivity (Wildman–Crippen MR) is 69.7 cm³/mol. The minimum Gasteiger partial charge on any atom is -0.356 e. The Morgan fingerprint density at radius 3 is 2.67 bits per heavy atom. The van der Waals surface area contributed by atoms with Crippen molar-refractivity contribution in [3.05, 3.63) is 0 Å². The third-order valence-electron chi connectivity index (χ3n) is 4.40. The molecule has 0 aromatic carbocycles. The van der Waals surface area contributed by atoms with E-state index in [1.165, 1.54) is 12.8 Å². The van der Waals surface area contributed by atoms with E-state index >= 15 is 0 Å². The summed E-state index contributed by atoms with van der Waals surface area (Å²) in [5.74, 6) is 0.932. The molecule has 2 rings (SSSR count). The fourth-order valence-corrected chi connectivity index (χ4v) is 3.30. The van der Waals surface area contributed by atoms with Crippen molar-refractivity contribution in [1.29, 1.82) is 5.26 Å². The Kier molecular flexibility index (Phi) is 4.60. The van der Waals surface area contributed by atoms with Gasteiger partial charge in [0.1, 0.15) is 0 Å². The molecule has 1 saturated carbocycles. The number of amides is 1. The zero-order valence-corrected chi connectivity index (χ0v) is 11.2. The number of hydrogen-bond acceptors (Lipinski definition) is 3. The largest absolute Gasteiger partial charge is 0.356 e. The molecule has 2 fully saturated rings. The summed E-state index contributed by atoms with van der Waals surface area (Å²) in [5.41, 5.74) is 0. The van der Waals surface area contributed by atoms with Crippen LogP contribution in [0.5, 0.6) is 0 Å². The van der Waals surface area contributed by atoms with E-state index in [9.17, 15) is 4.79 Å². The molecule has 2 aliphatic rings. The lowest BCUT2D eigenvalue weighted by Gasteiger charge is -2.37. The van der Waals surface area contributed by atoms with Gasteiger partial charge in [0.15, 0.2) is 0 Å². The normalized spacial score (nSPS) is 30.0. The molecule has 4 heteroatoms. The van der Waals surface area contributed by atoms with Crippen molar-refractivity contribution < 1.29 is 4.79 Å². The van der Waals surface area contributed by atoms with E-state index < -0.39 is 0 Å². The number of carbonyl (C=O) groups is 1. The summed E-state index contributed by atoms with van der Waals surface area (Å²) in [5, 5.41) is 12.0. The number of nitriles is 1. The summed E-state index contributed by atoms with van der Waals surface area (Å²) < 4.78 is 0. The van der Waals surface area contributed by atoms with Crippen LogP contribution in [0.25, 0.3) is 0 Å². The lowest BCUT2D eigenvalue weighted by molar-refractivity contribution is -0.119. The van der Waals surface area contributed by atoms with Crippen molar-refractivity contribution in [3.8, 4) is 6.07 Å². The lowest BCUT2D eigenvalue weighted by atomic mass is 9.93. The van der Waals surface area contributed by atoms with Crippen LogP contribution >= 0.6 is 0 Å². The van der Waals surface area contributed by atoms with Crippen molar-refractivity contribution in [2.24, 2.45) is 11.8 Å². The molecule has 0 radical (unpaired) electrons. The van der Waals surface area contributed by atoms with E-state index in [2.05, 4.69) is 16.3 Å². The molecule has 0 spiro atoms. The topological polar surface area (TPSA) is 56.1 Å². The molecule has 1 aliphatic carbocycles. The minimum atomic E-state index is 0.0674. The highest BCUT2D eigenvalue weighted by Crippen LogP contribution is 2.32. The first-order valence-electron chi connectivity index (χ1n) is 7.09. The van der Waals surface area contributed by atoms with Gasteiger partial charge in [0, 0.05) is 19.5 Å². The fourth-order valence-electron chi connectivity index (χ4n) is 3.30. The van der Waals surface area contributed by atoms with Gasteiger partial charge in [-0.05, 0) is 44.7 Å². The SMILES string of the molecule is CC(=O)NCC1CCN(C2CCCC2C#N)CC1. The van der Waals surface area contributed by atoms with Crippen LogP contribution in [0, 0.1) is 23.2 Å². The summed E-state index contributed by atoms with van der Waals surface area (Å²) >= 11 is 0. The average Bonchev–Trinajstić information content (AvgIpc) is 2.85. The monoisotopic (exact) mass is 249 g/mol. The van der Waals surface area contributed by atoms with Gasteiger partial charge in [-0.3, -0.25) is 9.69 Å².